The summed E-state index contributed by atoms with van der Waals surface area (Å²) in [4.78, 5) is 114. The molecule has 3 aliphatic heterocycles. The van der Waals surface area contributed by atoms with E-state index >= 15 is 13.2 Å². The fourth-order valence-corrected chi connectivity index (χ4v) is 12.7. The molecule has 3 aromatic carbocycles. The van der Waals surface area contributed by atoms with Gasteiger partial charge in [0.2, 0.25) is 34.2 Å². The normalized spacial score (nSPS) is 18.2. The quantitative estimate of drug-likeness (QED) is 0.0430. The molecule has 0 bridgehead atoms. The van der Waals surface area contributed by atoms with Crippen molar-refractivity contribution in [1.29, 1.82) is 0 Å². The van der Waals surface area contributed by atoms with Crippen molar-refractivity contribution in [2.45, 2.75) is 56.7 Å². The van der Waals surface area contributed by atoms with Gasteiger partial charge in [0.15, 0.2) is 17.9 Å². The Kier molecular flexibility index (Phi) is 18.7. The molecule has 3 aliphatic carbocycles. The zero-order valence-electron chi connectivity index (χ0n) is 52.9. The molecule has 34 heteroatoms. The number of pyridine rings is 3. The second-order valence-electron chi connectivity index (χ2n) is 24.8. The highest BCUT2D eigenvalue weighted by Gasteiger charge is 2.33. The van der Waals surface area contributed by atoms with Gasteiger partial charge in [-0.25, -0.2) is 27.6 Å². The number of benzene rings is 3. The van der Waals surface area contributed by atoms with Gasteiger partial charge in [-0.2, -0.15) is 15.0 Å². The molecule has 6 fully saturated rings. The summed E-state index contributed by atoms with van der Waals surface area (Å²) in [6, 6.07) is 8.17. The number of hydrogen-bond donors (Lipinski definition) is 9. The van der Waals surface area contributed by atoms with Gasteiger partial charge in [0.05, 0.1) is 53.2 Å². The van der Waals surface area contributed by atoms with Crippen molar-refractivity contribution in [3.8, 4) is 0 Å². The standard InChI is InChI=1S/C63H75F3N22O9/c64-43-25-37-46(86(34-1-2-34)31-40(52(37)89)55(92)93)28-49(43)80-13-19-83(20-14-80)61(70)76-58(67)73-7-10-79(11-8-74-59(68)77-62(71)84-21-15-81(16-22-84)50-29-47-38(26-44(50)65)53(90)41(56(94)95)32-87(47)35-3-4-35)12-9-75-60(69)78-63(72)85-23-17-82(18-24-85)51-30-48-39(27-45(51)66)54(91)42(57(96)97)33-88(48)36-5-6-36/h25-36H,1-24H2,(H,92,93)(H,94,95)(H,96,97)(H4,67,70,73,76)(H4,68,71,74,77)(H4,69,72,75,78). The third-order valence-electron chi connectivity index (χ3n) is 18.4. The van der Waals surface area contributed by atoms with E-state index in [1.54, 1.807) is 46.6 Å². The minimum Gasteiger partial charge on any atom is -0.477 e. The fourth-order valence-electron chi connectivity index (χ4n) is 12.7. The highest BCUT2D eigenvalue weighted by molar-refractivity contribution is 5.98. The minimum atomic E-state index is -1.37. The molecule has 0 radical (unpaired) electrons. The number of carboxylic acids is 3. The molecule has 0 spiro atoms. The van der Waals surface area contributed by atoms with E-state index in [9.17, 15) is 44.1 Å². The number of carbonyl (C=O) groups is 3. The van der Waals surface area contributed by atoms with Crippen molar-refractivity contribution in [3.63, 3.8) is 0 Å². The van der Waals surface area contributed by atoms with E-state index < -0.39 is 68.3 Å². The Morgan fingerprint density at radius 2 is 0.660 bits per heavy atom. The first kappa shape index (κ1) is 66.1. The fraction of sp³-hybridized carbons (Fsp3) is 0.429. The van der Waals surface area contributed by atoms with Crippen molar-refractivity contribution in [1.82, 2.24) is 33.3 Å². The Hall–Kier alpha value is -10.9. The third kappa shape index (κ3) is 14.4. The molecule has 0 amide bonds. The number of piperazine rings is 3. The van der Waals surface area contributed by atoms with Crippen molar-refractivity contribution in [3.05, 3.63) is 120 Å². The molecule has 6 aliphatic rings. The van der Waals surface area contributed by atoms with Gasteiger partial charge >= 0.3 is 17.9 Å². The summed E-state index contributed by atoms with van der Waals surface area (Å²) < 4.78 is 52.5. The van der Waals surface area contributed by atoms with Crippen molar-refractivity contribution in [2.24, 2.45) is 64.4 Å². The van der Waals surface area contributed by atoms with Crippen LogP contribution in [0.4, 0.5) is 30.2 Å². The van der Waals surface area contributed by atoms with E-state index in [1.807, 2.05) is 19.6 Å². The average Bonchev–Trinajstić information content (AvgIpc) is 1.34. The third-order valence-corrected chi connectivity index (χ3v) is 18.4. The van der Waals surface area contributed by atoms with Crippen LogP contribution in [-0.2, 0) is 0 Å². The summed E-state index contributed by atoms with van der Waals surface area (Å²) in [6.07, 6.45) is 8.88. The number of guanidine groups is 6. The average molecular weight is 1340 g/mol. The minimum absolute atomic E-state index is 0.00260. The number of nitrogens with two attached hydrogens (primary N) is 6. The summed E-state index contributed by atoms with van der Waals surface area (Å²) in [5.41, 5.74) is 37.0. The van der Waals surface area contributed by atoms with E-state index in [4.69, 9.17) is 34.4 Å². The molecule has 0 atom stereocenters. The summed E-state index contributed by atoms with van der Waals surface area (Å²) in [6.45, 7) is 5.43. The SMILES string of the molecule is NC(=NCCN(CCN=C(N)/N=C(/N)N1CCN(c2cc3c(cc2F)c(=O)c(C(=O)O)cn3C2CC2)CC1)CCN=C(N)/N=C(/N)N1CCN(c2cc3c(cc2F)c(=O)c(C(=O)O)cn3C2CC2)CC1)/N=C(/N)N1CCN(c2cc3c(cc2F)c(=O)c(C(=O)O)cn3C2CC2)CC1. The first-order valence-corrected chi connectivity index (χ1v) is 32.0. The molecule has 3 aromatic heterocycles. The molecule has 31 nitrogen and oxygen atoms in total. The molecule has 97 heavy (non-hydrogen) atoms. The van der Waals surface area contributed by atoms with Crippen LogP contribution in [0.3, 0.4) is 0 Å². The van der Waals surface area contributed by atoms with Gasteiger partial charge in [-0.15, -0.1) is 0 Å². The van der Waals surface area contributed by atoms with Crippen LogP contribution < -0.4 is 65.4 Å². The Balaban J connectivity index is 0.679. The second kappa shape index (κ2) is 27.4. The van der Waals surface area contributed by atoms with Gasteiger partial charge in [-0.3, -0.25) is 34.3 Å². The maximum atomic E-state index is 15.7. The summed E-state index contributed by atoms with van der Waals surface area (Å²) in [5, 5.41) is 29.0. The van der Waals surface area contributed by atoms with Crippen LogP contribution in [0.2, 0.25) is 0 Å². The van der Waals surface area contributed by atoms with Crippen LogP contribution in [0, 0.1) is 17.5 Å². The van der Waals surface area contributed by atoms with Crippen LogP contribution in [-0.4, -0.2) is 220 Å². The lowest BCUT2D eigenvalue weighted by atomic mass is 10.1. The molecule has 3 saturated carbocycles. The first-order valence-electron chi connectivity index (χ1n) is 32.0. The lowest BCUT2D eigenvalue weighted by molar-refractivity contribution is 0.0684. The number of rotatable bonds is 18. The van der Waals surface area contributed by atoms with E-state index in [1.165, 1.54) is 18.6 Å². The number of fused-ring (bicyclic) bond motifs is 3. The number of aliphatic imine (C=N–C) groups is 6. The van der Waals surface area contributed by atoms with Crippen LogP contribution in [0.25, 0.3) is 32.7 Å². The Morgan fingerprint density at radius 3 is 0.887 bits per heavy atom. The van der Waals surface area contributed by atoms with Crippen LogP contribution in [0.15, 0.2) is 99.3 Å². The van der Waals surface area contributed by atoms with E-state index in [0.29, 0.717) is 115 Å². The Bertz CT molecular complexity index is 4080. The summed E-state index contributed by atoms with van der Waals surface area (Å²) in [7, 11) is 0. The molecule has 6 heterocycles. The molecule has 512 valence electrons. The van der Waals surface area contributed by atoms with Crippen molar-refractivity contribution < 1.29 is 42.9 Å². The lowest BCUT2D eigenvalue weighted by Crippen LogP contribution is -2.51. The zero-order valence-corrected chi connectivity index (χ0v) is 52.9. The van der Waals surface area contributed by atoms with Crippen LogP contribution in [0.5, 0.6) is 0 Å². The van der Waals surface area contributed by atoms with Crippen LogP contribution in [0.1, 0.15) is 87.7 Å². The molecular weight excluding hydrogens is 1270 g/mol. The monoisotopic (exact) mass is 1340 g/mol. The molecule has 0 unspecified atom stereocenters. The second-order valence-corrected chi connectivity index (χ2v) is 24.8. The Labute approximate surface area is 551 Å². The highest BCUT2D eigenvalue weighted by atomic mass is 19.1. The van der Waals surface area contributed by atoms with E-state index in [0.717, 1.165) is 56.7 Å². The van der Waals surface area contributed by atoms with E-state index in [-0.39, 0.29) is 107 Å². The predicted molar refractivity (Wildman–Crippen MR) is 362 cm³/mol. The maximum absolute atomic E-state index is 15.7. The smallest absolute Gasteiger partial charge is 0.341 e. The number of nitrogens with zero attached hydrogens (tertiary/aromatic N) is 16. The number of halogens is 3. The number of aromatic nitrogens is 3. The van der Waals surface area contributed by atoms with E-state index in [2.05, 4.69) is 30.0 Å². The predicted octanol–water partition coefficient (Wildman–Crippen LogP) is 1.10. The molecule has 3 saturated heterocycles. The van der Waals surface area contributed by atoms with Gasteiger partial charge in [-0.05, 0) is 74.9 Å². The number of carboxylic acid groups (broad SMARTS) is 3. The molecule has 12 rings (SSSR count). The Morgan fingerprint density at radius 1 is 0.412 bits per heavy atom. The zero-order chi connectivity index (χ0) is 68.7. The number of hydrogen-bond acceptors (Lipinski definition) is 13. The highest BCUT2D eigenvalue weighted by Crippen LogP contribution is 2.41. The molecule has 15 N–H and O–H groups in total. The number of anilines is 3. The first-order chi connectivity index (χ1) is 46.5. The maximum Gasteiger partial charge on any atom is 0.341 e. The summed E-state index contributed by atoms with van der Waals surface area (Å²) in [5.74, 6) is -6.10. The van der Waals surface area contributed by atoms with Gasteiger partial charge in [0, 0.05) is 151 Å². The van der Waals surface area contributed by atoms with Gasteiger partial charge in [0.25, 0.3) is 0 Å². The molecular formula is C63H75F3N22O9. The topological polar surface area (TPSA) is 431 Å². The van der Waals surface area contributed by atoms with Gasteiger partial charge in [-0.1, -0.05) is 0 Å². The number of aromatic carboxylic acids is 3. The van der Waals surface area contributed by atoms with Crippen molar-refractivity contribution >= 4 is 103 Å². The largest absolute Gasteiger partial charge is 0.477 e. The van der Waals surface area contributed by atoms with Gasteiger partial charge < -0.3 is 92.8 Å². The van der Waals surface area contributed by atoms with Crippen LogP contribution >= 0.6 is 0 Å². The van der Waals surface area contributed by atoms with Gasteiger partial charge in [0.1, 0.15) is 34.1 Å². The van der Waals surface area contributed by atoms with Crippen molar-refractivity contribution in [2.75, 3.05) is 133 Å². The lowest BCUT2D eigenvalue weighted by Gasteiger charge is -2.36. The summed E-state index contributed by atoms with van der Waals surface area (Å²) >= 11 is 0. The molecule has 6 aromatic rings.